The lowest BCUT2D eigenvalue weighted by molar-refractivity contribution is -0.163. The second-order valence-electron chi connectivity index (χ2n) is 19.5. The van der Waals surface area contributed by atoms with Crippen LogP contribution in [0.2, 0.25) is 0 Å². The van der Waals surface area contributed by atoms with Crippen LogP contribution in [-0.4, -0.2) is 37.9 Å². The van der Waals surface area contributed by atoms with Crippen LogP contribution < -0.4 is 0 Å². The van der Waals surface area contributed by atoms with E-state index in [0.29, 0.717) is 19.4 Å². The molecule has 0 bridgehead atoms. The summed E-state index contributed by atoms with van der Waals surface area (Å²) in [5, 5.41) is 0. The fourth-order valence-electron chi connectivity index (χ4n) is 8.41. The van der Waals surface area contributed by atoms with Crippen LogP contribution in [0.1, 0.15) is 303 Å². The molecule has 0 spiro atoms. The van der Waals surface area contributed by atoms with Crippen LogP contribution in [-0.2, 0) is 23.8 Å². The first kappa shape index (κ1) is 63.9. The summed E-state index contributed by atoms with van der Waals surface area (Å²) in [6.07, 6.45) is 71.3. The molecular formula is C61H112O5. The topological polar surface area (TPSA) is 61.8 Å². The molecule has 5 nitrogen and oxygen atoms in total. The van der Waals surface area contributed by atoms with E-state index in [-0.39, 0.29) is 25.2 Å². The highest BCUT2D eigenvalue weighted by molar-refractivity contribution is 5.70. The SMILES string of the molecule is CCCCC/C=C\C/C=C\CCCCCCCCCC(=O)OC(COCCCCCCCC/C=C\CCCCCC)COC(=O)CCCCCCCCCCC/C=C\CCCCCCCC. The van der Waals surface area contributed by atoms with E-state index in [1.54, 1.807) is 0 Å². The van der Waals surface area contributed by atoms with Crippen molar-refractivity contribution in [3.05, 3.63) is 48.6 Å². The molecule has 1 unspecified atom stereocenters. The molecule has 0 radical (unpaired) electrons. The highest BCUT2D eigenvalue weighted by Crippen LogP contribution is 2.15. The Kier molecular flexibility index (Phi) is 55.3. The Morgan fingerprint density at radius 1 is 0.333 bits per heavy atom. The summed E-state index contributed by atoms with van der Waals surface area (Å²) < 4.78 is 17.5. The van der Waals surface area contributed by atoms with Gasteiger partial charge >= 0.3 is 11.9 Å². The van der Waals surface area contributed by atoms with Crippen LogP contribution in [0.4, 0.5) is 0 Å². The molecule has 66 heavy (non-hydrogen) atoms. The number of hydrogen-bond donors (Lipinski definition) is 0. The summed E-state index contributed by atoms with van der Waals surface area (Å²) in [5.74, 6) is -0.398. The Morgan fingerprint density at radius 3 is 1.06 bits per heavy atom. The van der Waals surface area contributed by atoms with Crippen LogP contribution in [0.25, 0.3) is 0 Å². The van der Waals surface area contributed by atoms with Crippen LogP contribution in [0.15, 0.2) is 48.6 Å². The van der Waals surface area contributed by atoms with E-state index in [1.165, 1.54) is 218 Å². The zero-order chi connectivity index (χ0) is 47.7. The van der Waals surface area contributed by atoms with Crippen molar-refractivity contribution in [2.75, 3.05) is 19.8 Å². The minimum atomic E-state index is -0.543. The Hall–Kier alpha value is -2.14. The first-order valence-corrected chi connectivity index (χ1v) is 29.2. The first-order chi connectivity index (χ1) is 32.6. The van der Waals surface area contributed by atoms with Gasteiger partial charge in [0.2, 0.25) is 0 Å². The molecule has 0 saturated heterocycles. The molecule has 0 aromatic heterocycles. The summed E-state index contributed by atoms with van der Waals surface area (Å²) in [6.45, 7) is 7.81. The highest BCUT2D eigenvalue weighted by Gasteiger charge is 2.17. The van der Waals surface area contributed by atoms with E-state index in [1.807, 2.05) is 0 Å². The standard InChI is InChI=1S/C61H112O5/c1-4-7-10-13-16-19-22-25-28-30-31-33-34-36-39-42-45-48-51-54-60(62)65-58-59(57-64-56-53-50-47-44-41-38-27-24-21-18-15-12-9-6-3)66-61(63)55-52-49-46-43-40-37-35-32-29-26-23-20-17-14-11-8-5-2/h17,20-21,24-26,28-29,59H,4-16,18-19,22-23,27,30-58H2,1-3H3/b20-17-,24-21-,28-25-,29-26-. The van der Waals surface area contributed by atoms with E-state index in [4.69, 9.17) is 14.2 Å². The molecule has 0 heterocycles. The third-order valence-electron chi connectivity index (χ3n) is 12.8. The second kappa shape index (κ2) is 57.2. The van der Waals surface area contributed by atoms with E-state index >= 15 is 0 Å². The number of esters is 2. The molecule has 0 aliphatic carbocycles. The average Bonchev–Trinajstić information content (AvgIpc) is 3.32. The summed E-state index contributed by atoms with van der Waals surface area (Å²) in [4.78, 5) is 25.5. The van der Waals surface area contributed by atoms with Crippen molar-refractivity contribution in [1.29, 1.82) is 0 Å². The Morgan fingerprint density at radius 2 is 0.636 bits per heavy atom. The summed E-state index contributed by atoms with van der Waals surface area (Å²) >= 11 is 0. The van der Waals surface area contributed by atoms with Gasteiger partial charge in [-0.15, -0.1) is 0 Å². The quantitative estimate of drug-likeness (QED) is 0.0345. The lowest BCUT2D eigenvalue weighted by Gasteiger charge is -2.18. The maximum Gasteiger partial charge on any atom is 0.306 e. The Labute approximate surface area is 412 Å². The fraction of sp³-hybridized carbons (Fsp3) is 0.836. The molecule has 0 aromatic carbocycles. The summed E-state index contributed by atoms with van der Waals surface area (Å²) in [6, 6.07) is 0. The molecule has 386 valence electrons. The minimum absolute atomic E-state index is 0.0810. The van der Waals surface area contributed by atoms with Crippen LogP contribution in [0.3, 0.4) is 0 Å². The van der Waals surface area contributed by atoms with Gasteiger partial charge in [0.25, 0.3) is 0 Å². The van der Waals surface area contributed by atoms with E-state index in [0.717, 1.165) is 51.4 Å². The molecule has 0 N–H and O–H groups in total. The summed E-state index contributed by atoms with van der Waals surface area (Å²) in [7, 11) is 0. The molecule has 0 aliphatic rings. The van der Waals surface area contributed by atoms with Crippen molar-refractivity contribution >= 4 is 11.9 Å². The average molecular weight is 926 g/mol. The second-order valence-corrected chi connectivity index (χ2v) is 19.5. The van der Waals surface area contributed by atoms with Crippen molar-refractivity contribution in [1.82, 2.24) is 0 Å². The van der Waals surface area contributed by atoms with Crippen LogP contribution in [0, 0.1) is 0 Å². The number of allylic oxidation sites excluding steroid dienone is 8. The summed E-state index contributed by atoms with van der Waals surface area (Å²) in [5.41, 5.74) is 0. The van der Waals surface area contributed by atoms with E-state index in [2.05, 4.69) is 69.4 Å². The van der Waals surface area contributed by atoms with Crippen molar-refractivity contribution in [3.63, 3.8) is 0 Å². The number of hydrogen-bond acceptors (Lipinski definition) is 5. The fourth-order valence-corrected chi connectivity index (χ4v) is 8.41. The Balaban J connectivity index is 4.25. The lowest BCUT2D eigenvalue weighted by atomic mass is 10.1. The van der Waals surface area contributed by atoms with E-state index in [9.17, 15) is 9.59 Å². The predicted molar refractivity (Wildman–Crippen MR) is 288 cm³/mol. The van der Waals surface area contributed by atoms with Crippen molar-refractivity contribution in [2.45, 2.75) is 309 Å². The van der Waals surface area contributed by atoms with E-state index < -0.39 is 6.10 Å². The zero-order valence-electron chi connectivity index (χ0n) is 44.5. The molecule has 1 atom stereocenters. The zero-order valence-corrected chi connectivity index (χ0v) is 44.5. The van der Waals surface area contributed by atoms with Gasteiger partial charge in [0.1, 0.15) is 6.61 Å². The first-order valence-electron chi connectivity index (χ1n) is 29.2. The maximum atomic E-state index is 12.9. The number of unbranched alkanes of at least 4 members (excludes halogenated alkanes) is 35. The molecule has 0 rings (SSSR count). The minimum Gasteiger partial charge on any atom is -0.462 e. The van der Waals surface area contributed by atoms with Gasteiger partial charge in [-0.05, 0) is 103 Å². The van der Waals surface area contributed by atoms with Crippen LogP contribution >= 0.6 is 0 Å². The third kappa shape index (κ3) is 54.5. The molecular weight excluding hydrogens is 813 g/mol. The largest absolute Gasteiger partial charge is 0.462 e. The number of ether oxygens (including phenoxy) is 3. The normalized spacial score (nSPS) is 12.5. The molecule has 0 aliphatic heterocycles. The predicted octanol–water partition coefficient (Wildman–Crippen LogP) is 19.9. The number of carbonyl (C=O) groups excluding carboxylic acids is 2. The number of rotatable bonds is 54. The molecule has 0 fully saturated rings. The van der Waals surface area contributed by atoms with Crippen molar-refractivity contribution < 1.29 is 23.8 Å². The van der Waals surface area contributed by atoms with Crippen molar-refractivity contribution in [3.8, 4) is 0 Å². The van der Waals surface area contributed by atoms with Crippen LogP contribution in [0.5, 0.6) is 0 Å². The van der Waals surface area contributed by atoms with Crippen molar-refractivity contribution in [2.24, 2.45) is 0 Å². The van der Waals surface area contributed by atoms with Gasteiger partial charge in [0.05, 0.1) is 6.61 Å². The highest BCUT2D eigenvalue weighted by atomic mass is 16.6. The monoisotopic (exact) mass is 925 g/mol. The number of carbonyl (C=O) groups is 2. The van der Waals surface area contributed by atoms with Gasteiger partial charge < -0.3 is 14.2 Å². The molecule has 0 amide bonds. The van der Waals surface area contributed by atoms with Gasteiger partial charge in [-0.3, -0.25) is 9.59 Å². The van der Waals surface area contributed by atoms with Gasteiger partial charge in [-0.1, -0.05) is 236 Å². The third-order valence-corrected chi connectivity index (χ3v) is 12.8. The molecule has 5 heteroatoms. The van der Waals surface area contributed by atoms with Gasteiger partial charge in [0.15, 0.2) is 6.10 Å². The molecule has 0 aromatic rings. The lowest BCUT2D eigenvalue weighted by Crippen LogP contribution is -2.30. The Bertz CT molecular complexity index is 1090. The van der Waals surface area contributed by atoms with Gasteiger partial charge in [0, 0.05) is 19.4 Å². The maximum absolute atomic E-state index is 12.9. The van der Waals surface area contributed by atoms with Gasteiger partial charge in [-0.25, -0.2) is 0 Å². The smallest absolute Gasteiger partial charge is 0.306 e. The molecule has 0 saturated carbocycles. The van der Waals surface area contributed by atoms with Gasteiger partial charge in [-0.2, -0.15) is 0 Å².